The number of aliphatic imine (C=N–C) groups is 2. The summed E-state index contributed by atoms with van der Waals surface area (Å²) in [5.74, 6) is 1.48. The quantitative estimate of drug-likeness (QED) is 0.737. The highest BCUT2D eigenvalue weighted by Gasteiger charge is 2.12. The second kappa shape index (κ2) is 7.97. The van der Waals surface area contributed by atoms with E-state index >= 15 is 0 Å². The molecule has 0 amide bonds. The van der Waals surface area contributed by atoms with Gasteiger partial charge in [-0.25, -0.2) is 4.99 Å². The number of anilines is 1. The van der Waals surface area contributed by atoms with Crippen molar-refractivity contribution < 1.29 is 9.47 Å². The van der Waals surface area contributed by atoms with Crippen LogP contribution in [0.25, 0.3) is 0 Å². The second-order valence-electron chi connectivity index (χ2n) is 6.16. The minimum absolute atomic E-state index is 0.517. The van der Waals surface area contributed by atoms with Crippen LogP contribution in [0, 0.1) is 0 Å². The lowest BCUT2D eigenvalue weighted by Crippen LogP contribution is -2.19. The van der Waals surface area contributed by atoms with Crippen LogP contribution in [-0.2, 0) is 11.3 Å². The van der Waals surface area contributed by atoms with Gasteiger partial charge in [-0.1, -0.05) is 30.3 Å². The largest absolute Gasteiger partial charge is 0.490 e. The van der Waals surface area contributed by atoms with Gasteiger partial charge in [-0.2, -0.15) is 0 Å². The van der Waals surface area contributed by atoms with E-state index in [1.54, 1.807) is 0 Å². The fourth-order valence-corrected chi connectivity index (χ4v) is 2.92. The third-order valence-electron chi connectivity index (χ3n) is 4.20. The number of fused-ring (bicyclic) bond motifs is 6. The molecule has 26 heavy (non-hydrogen) atoms. The first kappa shape index (κ1) is 16.5. The molecular weight excluding hydrogens is 326 g/mol. The molecule has 0 saturated carbocycles. The highest BCUT2D eigenvalue weighted by atomic mass is 16.5. The van der Waals surface area contributed by atoms with Crippen molar-refractivity contribution in [2.45, 2.75) is 13.0 Å². The highest BCUT2D eigenvalue weighted by Crippen LogP contribution is 2.18. The van der Waals surface area contributed by atoms with E-state index in [4.69, 9.17) is 14.5 Å². The van der Waals surface area contributed by atoms with Crippen molar-refractivity contribution >= 4 is 17.4 Å². The fourth-order valence-electron chi connectivity index (χ4n) is 2.92. The van der Waals surface area contributed by atoms with Crippen LogP contribution in [0.2, 0.25) is 0 Å². The molecule has 0 spiro atoms. The van der Waals surface area contributed by atoms with Gasteiger partial charge in [-0.05, 0) is 41.5 Å². The number of hydrogen-bond donors (Lipinski definition) is 1. The minimum atomic E-state index is 0.517. The van der Waals surface area contributed by atoms with Crippen LogP contribution >= 0.6 is 0 Å². The van der Waals surface area contributed by atoms with E-state index in [9.17, 15) is 0 Å². The number of guanidine groups is 1. The molecule has 0 aromatic heterocycles. The van der Waals surface area contributed by atoms with E-state index in [0.29, 0.717) is 25.8 Å². The molecule has 2 aromatic rings. The highest BCUT2D eigenvalue weighted by molar-refractivity contribution is 6.11. The van der Waals surface area contributed by atoms with Gasteiger partial charge in [0, 0.05) is 18.7 Å². The molecule has 6 bridgehead atoms. The lowest BCUT2D eigenvalue weighted by atomic mass is 10.1. The Kier molecular flexibility index (Phi) is 5.07. The van der Waals surface area contributed by atoms with Crippen LogP contribution in [0.3, 0.4) is 0 Å². The molecule has 0 saturated heterocycles. The Morgan fingerprint density at radius 2 is 1.88 bits per heavy atom. The zero-order valence-corrected chi connectivity index (χ0v) is 14.5. The molecule has 2 aliphatic rings. The van der Waals surface area contributed by atoms with Gasteiger partial charge in [0.05, 0.1) is 18.9 Å². The summed E-state index contributed by atoms with van der Waals surface area (Å²) in [7, 11) is 0. The number of nitrogens with zero attached hydrogens (tertiary/aromatic N) is 2. The van der Waals surface area contributed by atoms with Crippen molar-refractivity contribution in [3.05, 3.63) is 71.8 Å². The van der Waals surface area contributed by atoms with E-state index < -0.39 is 0 Å². The summed E-state index contributed by atoms with van der Waals surface area (Å²) in [6.45, 7) is 2.35. The average molecular weight is 347 g/mol. The maximum Gasteiger partial charge on any atom is 0.222 e. The summed E-state index contributed by atoms with van der Waals surface area (Å²) in [5, 5.41) is 3.31. The molecule has 4 rings (SSSR count). The fraction of sp³-hybridized carbons (Fsp3) is 0.238. The van der Waals surface area contributed by atoms with E-state index in [1.807, 2.05) is 42.5 Å². The third kappa shape index (κ3) is 4.18. The van der Waals surface area contributed by atoms with E-state index in [2.05, 4.69) is 28.5 Å². The van der Waals surface area contributed by atoms with E-state index in [1.165, 1.54) is 0 Å². The van der Waals surface area contributed by atoms with Crippen LogP contribution in [0.5, 0.6) is 5.75 Å². The summed E-state index contributed by atoms with van der Waals surface area (Å²) in [5.41, 5.74) is 4.16. The molecule has 2 aliphatic heterocycles. The monoisotopic (exact) mass is 347 g/mol. The van der Waals surface area contributed by atoms with Crippen LogP contribution < -0.4 is 10.1 Å². The SMILES string of the molecule is C1=C/COc2cccc(c2)C2=NC(=NCC2)Nc2cccc(c2)COC/1. The number of benzene rings is 2. The van der Waals surface area contributed by atoms with E-state index in [0.717, 1.165) is 41.2 Å². The summed E-state index contributed by atoms with van der Waals surface area (Å²) in [6.07, 6.45) is 4.78. The molecule has 0 radical (unpaired) electrons. The smallest absolute Gasteiger partial charge is 0.222 e. The summed E-state index contributed by atoms with van der Waals surface area (Å²) >= 11 is 0. The number of ether oxygens (including phenoxy) is 2. The summed E-state index contributed by atoms with van der Waals surface area (Å²) in [4.78, 5) is 9.22. The Morgan fingerprint density at radius 3 is 2.88 bits per heavy atom. The number of nitrogens with one attached hydrogen (secondary N) is 1. The van der Waals surface area contributed by atoms with Crippen molar-refractivity contribution in [2.24, 2.45) is 9.98 Å². The van der Waals surface area contributed by atoms with Gasteiger partial charge in [0.15, 0.2) is 0 Å². The molecule has 132 valence electrons. The van der Waals surface area contributed by atoms with Gasteiger partial charge in [0.25, 0.3) is 0 Å². The lowest BCUT2D eigenvalue weighted by molar-refractivity contribution is 0.148. The van der Waals surface area contributed by atoms with Crippen molar-refractivity contribution in [3.8, 4) is 5.75 Å². The van der Waals surface area contributed by atoms with Crippen LogP contribution in [-0.4, -0.2) is 31.4 Å². The molecule has 0 unspecified atom stereocenters. The average Bonchev–Trinajstić information content (AvgIpc) is 2.67. The zero-order valence-electron chi connectivity index (χ0n) is 14.5. The van der Waals surface area contributed by atoms with Gasteiger partial charge in [0.1, 0.15) is 12.4 Å². The Labute approximate surface area is 153 Å². The standard InChI is InChI=1S/C21H21N3O2/c1-2-12-26-19-8-4-6-17(14-19)20-9-10-22-21(24-20)23-18-7-3-5-16(13-18)15-25-11-1/h1-8,13-14H,9-12,15H2,(H,22,23)/b2-1+. The van der Waals surface area contributed by atoms with Gasteiger partial charge < -0.3 is 14.8 Å². The van der Waals surface area contributed by atoms with E-state index in [-0.39, 0.29) is 0 Å². The Bertz CT molecular complexity index is 871. The maximum absolute atomic E-state index is 5.80. The first-order chi connectivity index (χ1) is 12.9. The van der Waals surface area contributed by atoms with Crippen molar-refractivity contribution in [1.29, 1.82) is 0 Å². The topological polar surface area (TPSA) is 55.2 Å². The predicted molar refractivity (Wildman–Crippen MR) is 104 cm³/mol. The number of rotatable bonds is 0. The molecule has 0 atom stereocenters. The molecule has 5 heteroatoms. The third-order valence-corrected chi connectivity index (χ3v) is 4.20. The first-order valence-electron chi connectivity index (χ1n) is 8.81. The van der Waals surface area contributed by atoms with Gasteiger partial charge in [-0.3, -0.25) is 4.99 Å². The normalized spacial score (nSPS) is 18.5. The van der Waals surface area contributed by atoms with Crippen molar-refractivity contribution in [1.82, 2.24) is 0 Å². The zero-order chi connectivity index (χ0) is 17.6. The Balaban J connectivity index is 1.65. The van der Waals surface area contributed by atoms with Crippen LogP contribution in [0.4, 0.5) is 5.69 Å². The predicted octanol–water partition coefficient (Wildman–Crippen LogP) is 3.81. The van der Waals surface area contributed by atoms with Crippen LogP contribution in [0.1, 0.15) is 17.5 Å². The number of hydrogen-bond acceptors (Lipinski definition) is 5. The maximum atomic E-state index is 5.80. The molecule has 2 heterocycles. The first-order valence-corrected chi connectivity index (χ1v) is 8.81. The molecule has 0 fully saturated rings. The minimum Gasteiger partial charge on any atom is -0.490 e. The Hall–Kier alpha value is -2.92. The Morgan fingerprint density at radius 1 is 0.962 bits per heavy atom. The molecular formula is C21H21N3O2. The van der Waals surface area contributed by atoms with Gasteiger partial charge >= 0.3 is 0 Å². The van der Waals surface area contributed by atoms with Crippen LogP contribution in [0.15, 0.2) is 70.7 Å². The van der Waals surface area contributed by atoms with Crippen molar-refractivity contribution in [2.75, 3.05) is 25.1 Å². The second-order valence-corrected chi connectivity index (χ2v) is 6.16. The molecule has 5 nitrogen and oxygen atoms in total. The molecule has 2 aromatic carbocycles. The lowest BCUT2D eigenvalue weighted by Gasteiger charge is -2.15. The molecule has 1 N–H and O–H groups in total. The van der Waals surface area contributed by atoms with Crippen molar-refractivity contribution in [3.63, 3.8) is 0 Å². The summed E-state index contributed by atoms with van der Waals surface area (Å²) < 4.78 is 11.5. The molecule has 0 aliphatic carbocycles. The van der Waals surface area contributed by atoms with Gasteiger partial charge in [0.2, 0.25) is 5.96 Å². The summed E-state index contributed by atoms with van der Waals surface area (Å²) in [6, 6.07) is 16.2. The van der Waals surface area contributed by atoms with Gasteiger partial charge in [-0.15, -0.1) is 0 Å².